The van der Waals surface area contributed by atoms with Gasteiger partial charge in [-0.05, 0) is 30.7 Å². The van der Waals surface area contributed by atoms with Crippen molar-refractivity contribution in [2.75, 3.05) is 4.72 Å². The summed E-state index contributed by atoms with van der Waals surface area (Å²) < 4.78 is 39.1. The molecule has 0 aliphatic rings. The first-order chi connectivity index (χ1) is 9.29. The largest absolute Gasteiger partial charge is 0.476 e. The molecule has 2 rings (SSSR count). The van der Waals surface area contributed by atoms with E-state index in [0.29, 0.717) is 16.9 Å². The van der Waals surface area contributed by atoms with Crippen molar-refractivity contribution in [3.63, 3.8) is 0 Å². The number of carboxylic acid groups (broad SMARTS) is 1. The van der Waals surface area contributed by atoms with Crippen LogP contribution in [-0.4, -0.2) is 24.5 Å². The predicted molar refractivity (Wildman–Crippen MR) is 71.0 cm³/mol. The molecule has 9 heteroatoms. The molecule has 1 aromatic heterocycles. The van der Waals surface area contributed by atoms with Crippen LogP contribution in [0.2, 0.25) is 0 Å². The number of sulfonamides is 1. The van der Waals surface area contributed by atoms with Gasteiger partial charge in [-0.15, -0.1) is 11.3 Å². The lowest BCUT2D eigenvalue weighted by molar-refractivity contribution is 0.0687. The quantitative estimate of drug-likeness (QED) is 0.900. The molecular weight excluding hydrogens is 307 g/mol. The van der Waals surface area contributed by atoms with Crippen molar-refractivity contribution in [3.05, 3.63) is 40.8 Å². The fourth-order valence-corrected chi connectivity index (χ4v) is 3.75. The van der Waals surface area contributed by atoms with Gasteiger partial charge in [0.2, 0.25) is 0 Å². The molecule has 1 aromatic carbocycles. The van der Waals surface area contributed by atoms with Crippen LogP contribution in [0.4, 0.5) is 10.1 Å². The van der Waals surface area contributed by atoms with E-state index < -0.39 is 31.7 Å². The third-order valence-corrected chi connectivity index (χ3v) is 5.03. The number of aryl methyl sites for hydroxylation is 1. The number of thiazole rings is 1. The van der Waals surface area contributed by atoms with Crippen molar-refractivity contribution in [2.24, 2.45) is 0 Å². The van der Waals surface area contributed by atoms with Crippen molar-refractivity contribution in [3.8, 4) is 0 Å². The highest BCUT2D eigenvalue weighted by Crippen LogP contribution is 2.24. The number of hydrogen-bond donors (Lipinski definition) is 2. The molecule has 6 nitrogen and oxygen atoms in total. The molecule has 0 radical (unpaired) electrons. The second kappa shape index (κ2) is 5.17. The van der Waals surface area contributed by atoms with Crippen LogP contribution in [0.3, 0.4) is 0 Å². The Morgan fingerprint density at radius 3 is 2.70 bits per heavy atom. The number of carboxylic acids is 1. The van der Waals surface area contributed by atoms with E-state index in [1.165, 1.54) is 12.1 Å². The van der Waals surface area contributed by atoms with Crippen LogP contribution in [0.25, 0.3) is 0 Å². The van der Waals surface area contributed by atoms with Crippen LogP contribution in [-0.2, 0) is 10.0 Å². The van der Waals surface area contributed by atoms with Crippen LogP contribution < -0.4 is 4.72 Å². The summed E-state index contributed by atoms with van der Waals surface area (Å²) in [5, 5.41) is 8.86. The average Bonchev–Trinajstić information content (AvgIpc) is 2.75. The van der Waals surface area contributed by atoms with Crippen molar-refractivity contribution in [1.82, 2.24) is 4.98 Å². The zero-order valence-corrected chi connectivity index (χ0v) is 11.8. The van der Waals surface area contributed by atoms with E-state index in [1.54, 1.807) is 6.92 Å². The maximum absolute atomic E-state index is 13.2. The Hall–Kier alpha value is -2.00. The lowest BCUT2D eigenvalue weighted by atomic mass is 10.2. The fraction of sp³-hybridized carbons (Fsp3) is 0.0909. The smallest absolute Gasteiger partial charge is 0.356 e. The molecule has 20 heavy (non-hydrogen) atoms. The number of hydrogen-bond acceptors (Lipinski definition) is 5. The van der Waals surface area contributed by atoms with Gasteiger partial charge in [-0.1, -0.05) is 0 Å². The normalized spacial score (nSPS) is 11.3. The summed E-state index contributed by atoms with van der Waals surface area (Å²) in [4.78, 5) is 14.4. The molecule has 2 N–H and O–H groups in total. The van der Waals surface area contributed by atoms with Crippen molar-refractivity contribution in [1.29, 1.82) is 0 Å². The summed E-state index contributed by atoms with van der Waals surface area (Å²) in [6.45, 7) is 1.61. The Morgan fingerprint density at radius 1 is 1.40 bits per heavy atom. The third-order valence-electron chi connectivity index (χ3n) is 2.28. The monoisotopic (exact) mass is 316 g/mol. The number of benzene rings is 1. The Morgan fingerprint density at radius 2 is 2.10 bits per heavy atom. The highest BCUT2D eigenvalue weighted by molar-refractivity contribution is 7.94. The number of nitrogens with zero attached hydrogens (tertiary/aromatic N) is 1. The minimum absolute atomic E-state index is 0.0206. The third kappa shape index (κ3) is 2.94. The molecular formula is C11H9FN2O4S2. The summed E-state index contributed by atoms with van der Waals surface area (Å²) in [5.74, 6) is -2.03. The number of carbonyl (C=O) groups is 1. The van der Waals surface area contributed by atoms with E-state index >= 15 is 0 Å². The van der Waals surface area contributed by atoms with Crippen LogP contribution in [0.5, 0.6) is 0 Å². The Kier molecular flexibility index (Phi) is 3.73. The molecule has 0 unspecified atom stereocenters. The van der Waals surface area contributed by atoms with E-state index in [9.17, 15) is 17.6 Å². The van der Waals surface area contributed by atoms with Gasteiger partial charge in [0.25, 0.3) is 10.0 Å². The average molecular weight is 316 g/mol. The molecule has 0 saturated heterocycles. The van der Waals surface area contributed by atoms with Gasteiger partial charge in [0.05, 0.1) is 11.2 Å². The van der Waals surface area contributed by atoms with E-state index in [4.69, 9.17) is 5.11 Å². The van der Waals surface area contributed by atoms with Crippen LogP contribution in [0.1, 0.15) is 16.1 Å². The summed E-state index contributed by atoms with van der Waals surface area (Å²) >= 11 is 0.676. The molecule has 106 valence electrons. The predicted octanol–water partition coefficient (Wildman–Crippen LogP) is 2.09. The number of halogens is 1. The second-order valence-electron chi connectivity index (χ2n) is 3.92. The zero-order valence-electron chi connectivity index (χ0n) is 10.1. The van der Waals surface area contributed by atoms with Crippen molar-refractivity contribution in [2.45, 2.75) is 11.1 Å². The van der Waals surface area contributed by atoms with Gasteiger partial charge in [0.15, 0.2) is 9.90 Å². The first-order valence-electron chi connectivity index (χ1n) is 5.26. The highest BCUT2D eigenvalue weighted by atomic mass is 32.2. The molecule has 2 aromatic rings. The van der Waals surface area contributed by atoms with Gasteiger partial charge in [-0.2, -0.15) is 0 Å². The van der Waals surface area contributed by atoms with Gasteiger partial charge >= 0.3 is 5.97 Å². The molecule has 0 bridgehead atoms. The molecule has 0 aliphatic carbocycles. The van der Waals surface area contributed by atoms with E-state index in [1.807, 2.05) is 0 Å². The topological polar surface area (TPSA) is 96.4 Å². The number of rotatable bonds is 4. The Labute approximate surface area is 118 Å². The van der Waals surface area contributed by atoms with Gasteiger partial charge < -0.3 is 5.11 Å². The standard InChI is InChI=1S/C11H9FN2O4S2/c1-6-2-7(12)4-8(3-6)14-20(17,18)11-9(10(15)16)13-5-19-11/h2-5,14H,1H3,(H,15,16). The van der Waals surface area contributed by atoms with Gasteiger partial charge in [0, 0.05) is 0 Å². The summed E-state index contributed by atoms with van der Waals surface area (Å²) in [5.41, 5.74) is 1.11. The Balaban J connectivity index is 2.41. The molecule has 0 aliphatic heterocycles. The zero-order chi connectivity index (χ0) is 14.9. The van der Waals surface area contributed by atoms with Crippen LogP contribution in [0.15, 0.2) is 27.9 Å². The summed E-state index contributed by atoms with van der Waals surface area (Å²) in [6.07, 6.45) is 0. The summed E-state index contributed by atoms with van der Waals surface area (Å²) in [7, 11) is -4.12. The van der Waals surface area contributed by atoms with E-state index in [0.717, 1.165) is 11.6 Å². The molecule has 1 heterocycles. The molecule has 0 atom stereocenters. The van der Waals surface area contributed by atoms with Gasteiger partial charge in [0.1, 0.15) is 5.82 Å². The molecule has 0 saturated carbocycles. The summed E-state index contributed by atoms with van der Waals surface area (Å²) in [6, 6.07) is 3.68. The van der Waals surface area contributed by atoms with Crippen molar-refractivity contribution < 1.29 is 22.7 Å². The fourth-order valence-electron chi connectivity index (χ4n) is 1.57. The van der Waals surface area contributed by atoms with Gasteiger partial charge in [-0.25, -0.2) is 22.6 Å². The minimum atomic E-state index is -4.12. The maximum Gasteiger partial charge on any atom is 0.356 e. The van der Waals surface area contributed by atoms with Crippen molar-refractivity contribution >= 4 is 33.0 Å². The molecule has 0 fully saturated rings. The molecule has 0 spiro atoms. The first-order valence-corrected chi connectivity index (χ1v) is 7.62. The van der Waals surface area contributed by atoms with Crippen LogP contribution in [0, 0.1) is 12.7 Å². The number of aromatic carboxylic acids is 1. The van der Waals surface area contributed by atoms with E-state index in [-0.39, 0.29) is 5.69 Å². The second-order valence-corrected chi connectivity index (χ2v) is 6.65. The maximum atomic E-state index is 13.2. The van der Waals surface area contributed by atoms with E-state index in [2.05, 4.69) is 9.71 Å². The number of anilines is 1. The lowest BCUT2D eigenvalue weighted by Gasteiger charge is -2.07. The van der Waals surface area contributed by atoms with Crippen LogP contribution >= 0.6 is 11.3 Å². The number of aromatic nitrogens is 1. The first kappa shape index (κ1) is 14.4. The SMILES string of the molecule is Cc1cc(F)cc(NS(=O)(=O)c2scnc2C(=O)O)c1. The molecule has 0 amide bonds. The minimum Gasteiger partial charge on any atom is -0.476 e. The number of nitrogens with one attached hydrogen (secondary N) is 1. The lowest BCUT2D eigenvalue weighted by Crippen LogP contribution is -2.15. The highest BCUT2D eigenvalue weighted by Gasteiger charge is 2.25. The van der Waals surface area contributed by atoms with Gasteiger partial charge in [-0.3, -0.25) is 4.72 Å². The Bertz CT molecular complexity index is 750.